The van der Waals surface area contributed by atoms with Gasteiger partial charge >= 0.3 is 0 Å². The van der Waals surface area contributed by atoms with Crippen molar-refractivity contribution in [1.82, 2.24) is 10.3 Å². The maximum atomic E-state index is 4.42. The van der Waals surface area contributed by atoms with Crippen LogP contribution in [0.1, 0.15) is 45.9 Å². The topological polar surface area (TPSA) is 24.9 Å². The number of aromatic nitrogens is 1. The summed E-state index contributed by atoms with van der Waals surface area (Å²) < 4.78 is 0. The van der Waals surface area contributed by atoms with Crippen molar-refractivity contribution >= 4 is 0 Å². The maximum Gasteiger partial charge on any atom is 0.0573 e. The highest BCUT2D eigenvalue weighted by molar-refractivity contribution is 5.08. The number of rotatable bonds is 5. The van der Waals surface area contributed by atoms with Gasteiger partial charge in [-0.1, -0.05) is 33.8 Å². The standard InChI is InChI=1S/C13H22N2/c1-10(2)9-13(15-11(3)4)12-7-5-6-8-14-12/h5-8,10-11,13,15H,9H2,1-4H3. The Kier molecular flexibility index (Phi) is 4.76. The van der Waals surface area contributed by atoms with E-state index in [9.17, 15) is 0 Å². The molecular formula is C13H22N2. The predicted octanol–water partition coefficient (Wildman–Crippen LogP) is 3.17. The summed E-state index contributed by atoms with van der Waals surface area (Å²) in [6, 6.07) is 6.99. The predicted molar refractivity (Wildman–Crippen MR) is 64.7 cm³/mol. The molecule has 1 atom stereocenters. The molecule has 0 aliphatic heterocycles. The monoisotopic (exact) mass is 206 g/mol. The van der Waals surface area contributed by atoms with Gasteiger partial charge in [0.2, 0.25) is 0 Å². The van der Waals surface area contributed by atoms with Gasteiger partial charge in [-0.25, -0.2) is 0 Å². The van der Waals surface area contributed by atoms with Crippen molar-refractivity contribution < 1.29 is 0 Å². The highest BCUT2D eigenvalue weighted by Crippen LogP contribution is 2.19. The fourth-order valence-electron chi connectivity index (χ4n) is 1.73. The van der Waals surface area contributed by atoms with E-state index in [1.54, 1.807) is 0 Å². The van der Waals surface area contributed by atoms with Gasteiger partial charge in [0, 0.05) is 18.3 Å². The molecule has 1 heterocycles. The Morgan fingerprint density at radius 2 is 1.93 bits per heavy atom. The van der Waals surface area contributed by atoms with Crippen molar-refractivity contribution in [3.63, 3.8) is 0 Å². The van der Waals surface area contributed by atoms with Crippen LogP contribution in [0.2, 0.25) is 0 Å². The number of hydrogen-bond donors (Lipinski definition) is 1. The van der Waals surface area contributed by atoms with Crippen LogP contribution in [-0.4, -0.2) is 11.0 Å². The molecule has 1 unspecified atom stereocenters. The first-order valence-corrected chi connectivity index (χ1v) is 5.76. The normalized spacial score (nSPS) is 13.5. The van der Waals surface area contributed by atoms with E-state index in [1.807, 2.05) is 12.3 Å². The zero-order chi connectivity index (χ0) is 11.3. The molecule has 0 saturated heterocycles. The maximum absolute atomic E-state index is 4.42. The fourth-order valence-corrected chi connectivity index (χ4v) is 1.73. The molecule has 1 aromatic heterocycles. The van der Waals surface area contributed by atoms with Crippen molar-refractivity contribution in [3.05, 3.63) is 30.1 Å². The van der Waals surface area contributed by atoms with Crippen LogP contribution in [0.3, 0.4) is 0 Å². The van der Waals surface area contributed by atoms with Crippen molar-refractivity contribution in [2.24, 2.45) is 5.92 Å². The van der Waals surface area contributed by atoms with E-state index >= 15 is 0 Å². The van der Waals surface area contributed by atoms with Crippen molar-refractivity contribution in [1.29, 1.82) is 0 Å². The molecule has 1 rings (SSSR count). The lowest BCUT2D eigenvalue weighted by Crippen LogP contribution is -2.29. The van der Waals surface area contributed by atoms with E-state index < -0.39 is 0 Å². The molecule has 2 nitrogen and oxygen atoms in total. The van der Waals surface area contributed by atoms with Crippen molar-refractivity contribution in [2.75, 3.05) is 0 Å². The number of hydrogen-bond acceptors (Lipinski definition) is 2. The summed E-state index contributed by atoms with van der Waals surface area (Å²) in [5.41, 5.74) is 1.15. The lowest BCUT2D eigenvalue weighted by Gasteiger charge is -2.22. The summed E-state index contributed by atoms with van der Waals surface area (Å²) in [4.78, 5) is 4.42. The smallest absolute Gasteiger partial charge is 0.0573 e. The van der Waals surface area contributed by atoms with E-state index in [0.717, 1.165) is 12.1 Å². The lowest BCUT2D eigenvalue weighted by molar-refractivity contribution is 0.394. The Labute approximate surface area is 93.1 Å². The number of nitrogens with one attached hydrogen (secondary N) is 1. The molecular weight excluding hydrogens is 184 g/mol. The summed E-state index contributed by atoms with van der Waals surface area (Å²) in [6.45, 7) is 8.85. The van der Waals surface area contributed by atoms with E-state index in [1.165, 1.54) is 0 Å². The molecule has 2 heteroatoms. The summed E-state index contributed by atoms with van der Waals surface area (Å²) in [6.07, 6.45) is 3.00. The lowest BCUT2D eigenvalue weighted by atomic mass is 10.00. The van der Waals surface area contributed by atoms with Crippen LogP contribution in [0.4, 0.5) is 0 Å². The van der Waals surface area contributed by atoms with Gasteiger partial charge in [0.1, 0.15) is 0 Å². The van der Waals surface area contributed by atoms with Crippen LogP contribution in [0.15, 0.2) is 24.4 Å². The van der Waals surface area contributed by atoms with Gasteiger partial charge in [-0.3, -0.25) is 4.98 Å². The van der Waals surface area contributed by atoms with Crippen molar-refractivity contribution in [2.45, 2.75) is 46.2 Å². The molecule has 1 aromatic rings. The molecule has 0 amide bonds. The molecule has 0 fully saturated rings. The molecule has 1 N–H and O–H groups in total. The van der Waals surface area contributed by atoms with Crippen LogP contribution < -0.4 is 5.32 Å². The van der Waals surface area contributed by atoms with E-state index in [2.05, 4.69) is 50.1 Å². The minimum absolute atomic E-state index is 0.381. The van der Waals surface area contributed by atoms with Crippen LogP contribution in [0, 0.1) is 5.92 Å². The molecule has 84 valence electrons. The van der Waals surface area contributed by atoms with Gasteiger partial charge in [-0.05, 0) is 24.5 Å². The summed E-state index contributed by atoms with van der Waals surface area (Å²) in [5, 5.41) is 3.56. The fraction of sp³-hybridized carbons (Fsp3) is 0.615. The molecule has 0 bridgehead atoms. The van der Waals surface area contributed by atoms with Gasteiger partial charge in [0.15, 0.2) is 0 Å². The molecule has 0 saturated carbocycles. The summed E-state index contributed by atoms with van der Waals surface area (Å²) in [7, 11) is 0. The Morgan fingerprint density at radius 1 is 1.20 bits per heavy atom. The largest absolute Gasteiger partial charge is 0.306 e. The van der Waals surface area contributed by atoms with Gasteiger partial charge in [0.25, 0.3) is 0 Å². The Morgan fingerprint density at radius 3 is 2.40 bits per heavy atom. The second kappa shape index (κ2) is 5.86. The number of pyridine rings is 1. The zero-order valence-electron chi connectivity index (χ0n) is 10.2. The van der Waals surface area contributed by atoms with Gasteiger partial charge in [-0.15, -0.1) is 0 Å². The van der Waals surface area contributed by atoms with Gasteiger partial charge in [-0.2, -0.15) is 0 Å². The highest BCUT2D eigenvalue weighted by Gasteiger charge is 2.14. The summed E-state index contributed by atoms with van der Waals surface area (Å²) >= 11 is 0. The first-order valence-electron chi connectivity index (χ1n) is 5.76. The highest BCUT2D eigenvalue weighted by atomic mass is 15.0. The van der Waals surface area contributed by atoms with E-state index in [4.69, 9.17) is 0 Å². The molecule has 0 aliphatic carbocycles. The average Bonchev–Trinajstić information content (AvgIpc) is 2.17. The van der Waals surface area contributed by atoms with E-state index in [0.29, 0.717) is 18.0 Å². The number of nitrogens with zero attached hydrogens (tertiary/aromatic N) is 1. The van der Waals surface area contributed by atoms with Gasteiger partial charge in [0.05, 0.1) is 5.69 Å². The van der Waals surface area contributed by atoms with Crippen LogP contribution in [0.5, 0.6) is 0 Å². The van der Waals surface area contributed by atoms with E-state index in [-0.39, 0.29) is 0 Å². The second-order valence-corrected chi connectivity index (χ2v) is 4.76. The molecule has 15 heavy (non-hydrogen) atoms. The molecule has 0 aliphatic rings. The molecule has 0 aromatic carbocycles. The van der Waals surface area contributed by atoms with Crippen LogP contribution >= 0.6 is 0 Å². The third-order valence-electron chi connectivity index (χ3n) is 2.29. The first kappa shape index (κ1) is 12.2. The van der Waals surface area contributed by atoms with Crippen molar-refractivity contribution in [3.8, 4) is 0 Å². The quantitative estimate of drug-likeness (QED) is 0.800. The molecule has 0 radical (unpaired) electrons. The minimum atomic E-state index is 0.381. The van der Waals surface area contributed by atoms with Gasteiger partial charge < -0.3 is 5.32 Å². The second-order valence-electron chi connectivity index (χ2n) is 4.76. The SMILES string of the molecule is CC(C)CC(NC(C)C)c1ccccn1. The molecule has 0 spiro atoms. The Bertz CT molecular complexity index is 257. The Balaban J connectivity index is 2.72. The van der Waals surface area contributed by atoms with Crippen LogP contribution in [-0.2, 0) is 0 Å². The third-order valence-corrected chi connectivity index (χ3v) is 2.29. The van der Waals surface area contributed by atoms with Crippen LogP contribution in [0.25, 0.3) is 0 Å². The average molecular weight is 206 g/mol. The Hall–Kier alpha value is -0.890. The third kappa shape index (κ3) is 4.43. The zero-order valence-corrected chi connectivity index (χ0v) is 10.2. The minimum Gasteiger partial charge on any atom is -0.306 e. The summed E-state index contributed by atoms with van der Waals surface area (Å²) in [5.74, 6) is 0.684. The first-order chi connectivity index (χ1) is 7.09.